The number of esters is 1. The van der Waals surface area contributed by atoms with Crippen LogP contribution in [0.15, 0.2) is 46.7 Å². The van der Waals surface area contributed by atoms with E-state index in [0.29, 0.717) is 0 Å². The third-order valence-electron chi connectivity index (χ3n) is 3.89. The molecule has 2 heterocycles. The minimum Gasteiger partial charge on any atom is -0.462 e. The van der Waals surface area contributed by atoms with Gasteiger partial charge in [0.1, 0.15) is 10.6 Å². The second-order valence-corrected chi connectivity index (χ2v) is 9.71. The molecule has 2 aromatic heterocycles. The fourth-order valence-corrected chi connectivity index (χ4v) is 5.89. The van der Waals surface area contributed by atoms with Crippen molar-refractivity contribution in [3.05, 3.63) is 57.8 Å². The van der Waals surface area contributed by atoms with E-state index in [-0.39, 0.29) is 22.1 Å². The molecule has 1 aromatic carbocycles. The number of anilines is 1. The van der Waals surface area contributed by atoms with Crippen molar-refractivity contribution in [1.82, 2.24) is 0 Å². The molecule has 0 aliphatic rings. The van der Waals surface area contributed by atoms with E-state index in [2.05, 4.69) is 4.72 Å². The summed E-state index contributed by atoms with van der Waals surface area (Å²) in [6.07, 6.45) is 0. The molecular formula is C19H19NO4S3. The van der Waals surface area contributed by atoms with E-state index in [1.165, 1.54) is 22.7 Å². The van der Waals surface area contributed by atoms with Crippen molar-refractivity contribution < 1.29 is 17.9 Å². The zero-order valence-electron chi connectivity index (χ0n) is 15.1. The molecule has 3 aromatic rings. The maximum Gasteiger partial charge on any atom is 0.341 e. The molecule has 0 saturated carbocycles. The maximum absolute atomic E-state index is 12.8. The lowest BCUT2D eigenvalue weighted by Gasteiger charge is -2.10. The second kappa shape index (κ2) is 7.84. The number of hydrogen-bond acceptors (Lipinski definition) is 6. The Morgan fingerprint density at radius 3 is 2.44 bits per heavy atom. The van der Waals surface area contributed by atoms with Crippen LogP contribution in [-0.4, -0.2) is 21.0 Å². The number of carbonyl (C=O) groups excluding carboxylic acids is 1. The van der Waals surface area contributed by atoms with E-state index in [4.69, 9.17) is 4.74 Å². The SMILES string of the molecule is CCOC(=O)c1c(NS(=O)(=O)c2ccc(C)cc2)sc(C)c1-c1cccs1. The Morgan fingerprint density at radius 2 is 1.85 bits per heavy atom. The van der Waals surface area contributed by atoms with Crippen LogP contribution in [-0.2, 0) is 14.8 Å². The molecule has 1 N–H and O–H groups in total. The second-order valence-electron chi connectivity index (χ2n) is 5.85. The number of nitrogens with one attached hydrogen (secondary N) is 1. The van der Waals surface area contributed by atoms with E-state index in [1.807, 2.05) is 31.4 Å². The number of ether oxygens (including phenoxy) is 1. The number of carbonyl (C=O) groups is 1. The smallest absolute Gasteiger partial charge is 0.341 e. The molecule has 0 atom stereocenters. The van der Waals surface area contributed by atoms with Crippen LogP contribution >= 0.6 is 22.7 Å². The highest BCUT2D eigenvalue weighted by molar-refractivity contribution is 7.93. The van der Waals surface area contributed by atoms with Crippen LogP contribution in [0.1, 0.15) is 27.7 Å². The quantitative estimate of drug-likeness (QED) is 0.564. The molecular weight excluding hydrogens is 402 g/mol. The summed E-state index contributed by atoms with van der Waals surface area (Å²) in [6.45, 7) is 5.69. The van der Waals surface area contributed by atoms with E-state index in [9.17, 15) is 13.2 Å². The van der Waals surface area contributed by atoms with Gasteiger partial charge in [0.05, 0.1) is 11.5 Å². The highest BCUT2D eigenvalue weighted by Gasteiger charge is 2.27. The summed E-state index contributed by atoms with van der Waals surface area (Å²) in [5, 5.41) is 2.19. The molecule has 0 bridgehead atoms. The minimum atomic E-state index is -3.82. The van der Waals surface area contributed by atoms with Crippen molar-refractivity contribution in [2.75, 3.05) is 11.3 Å². The summed E-state index contributed by atoms with van der Waals surface area (Å²) in [7, 11) is -3.82. The van der Waals surface area contributed by atoms with Crippen molar-refractivity contribution in [3.8, 4) is 10.4 Å². The fraction of sp³-hybridized carbons (Fsp3) is 0.211. The maximum atomic E-state index is 12.8. The third kappa shape index (κ3) is 4.07. The monoisotopic (exact) mass is 421 g/mol. The van der Waals surface area contributed by atoms with Gasteiger partial charge in [-0.25, -0.2) is 13.2 Å². The van der Waals surface area contributed by atoms with Crippen molar-refractivity contribution in [2.24, 2.45) is 0 Å². The van der Waals surface area contributed by atoms with Gasteiger partial charge in [-0.15, -0.1) is 22.7 Å². The third-order valence-corrected chi connectivity index (χ3v) is 7.29. The molecule has 0 aliphatic heterocycles. The predicted molar refractivity (Wildman–Crippen MR) is 110 cm³/mol. The summed E-state index contributed by atoms with van der Waals surface area (Å²) >= 11 is 2.72. The van der Waals surface area contributed by atoms with Crippen LogP contribution < -0.4 is 4.72 Å². The van der Waals surface area contributed by atoms with Crippen LogP contribution in [0.2, 0.25) is 0 Å². The van der Waals surface area contributed by atoms with Gasteiger partial charge in [-0.2, -0.15) is 0 Å². The van der Waals surface area contributed by atoms with Crippen molar-refractivity contribution >= 4 is 43.7 Å². The lowest BCUT2D eigenvalue weighted by Crippen LogP contribution is -2.15. The first-order valence-corrected chi connectivity index (χ1v) is 11.4. The van der Waals surface area contributed by atoms with Crippen LogP contribution in [0, 0.1) is 13.8 Å². The summed E-state index contributed by atoms with van der Waals surface area (Å²) in [6, 6.07) is 10.3. The normalized spacial score (nSPS) is 11.4. The molecule has 27 heavy (non-hydrogen) atoms. The van der Waals surface area contributed by atoms with Crippen LogP contribution in [0.4, 0.5) is 5.00 Å². The Bertz CT molecular complexity index is 1050. The molecule has 0 amide bonds. The molecule has 142 valence electrons. The number of thiophene rings is 2. The Balaban J connectivity index is 2.09. The van der Waals surface area contributed by atoms with Gasteiger partial charge in [0, 0.05) is 15.3 Å². The molecule has 0 aliphatic carbocycles. The van der Waals surface area contributed by atoms with E-state index in [0.717, 1.165) is 20.9 Å². The highest BCUT2D eigenvalue weighted by Crippen LogP contribution is 2.42. The first-order chi connectivity index (χ1) is 12.8. The lowest BCUT2D eigenvalue weighted by molar-refractivity contribution is 0.0529. The van der Waals surface area contributed by atoms with E-state index >= 15 is 0 Å². The zero-order valence-corrected chi connectivity index (χ0v) is 17.6. The molecule has 0 spiro atoms. The van der Waals surface area contributed by atoms with Crippen molar-refractivity contribution in [1.29, 1.82) is 0 Å². The van der Waals surface area contributed by atoms with E-state index < -0.39 is 16.0 Å². The standard InChI is InChI=1S/C19H19NO4S3/c1-4-24-19(21)17-16(15-6-5-11-25-15)13(3)26-18(17)20-27(22,23)14-9-7-12(2)8-10-14/h5-11,20H,4H2,1-3H3. The van der Waals surface area contributed by atoms with Gasteiger partial charge in [-0.05, 0) is 44.4 Å². The predicted octanol–water partition coefficient (Wildman–Crippen LogP) is 5.07. The van der Waals surface area contributed by atoms with Crippen LogP contribution in [0.5, 0.6) is 0 Å². The molecule has 3 rings (SSSR count). The topological polar surface area (TPSA) is 72.5 Å². The van der Waals surface area contributed by atoms with Crippen LogP contribution in [0.25, 0.3) is 10.4 Å². The van der Waals surface area contributed by atoms with Gasteiger partial charge >= 0.3 is 5.97 Å². The summed E-state index contributed by atoms with van der Waals surface area (Å²) in [5.41, 5.74) is 1.95. The van der Waals surface area contributed by atoms with Gasteiger partial charge in [-0.3, -0.25) is 4.72 Å². The molecule has 5 nitrogen and oxygen atoms in total. The van der Waals surface area contributed by atoms with Gasteiger partial charge in [-0.1, -0.05) is 23.8 Å². The number of aryl methyl sites for hydroxylation is 2. The number of sulfonamides is 1. The van der Waals surface area contributed by atoms with Gasteiger partial charge in [0.15, 0.2) is 0 Å². The van der Waals surface area contributed by atoms with E-state index in [1.54, 1.807) is 31.2 Å². The largest absolute Gasteiger partial charge is 0.462 e. The van der Waals surface area contributed by atoms with Gasteiger partial charge in [0.2, 0.25) is 0 Å². The Morgan fingerprint density at radius 1 is 1.15 bits per heavy atom. The summed E-state index contributed by atoms with van der Waals surface area (Å²) in [4.78, 5) is 14.5. The average Bonchev–Trinajstić information content (AvgIpc) is 3.22. The Hall–Kier alpha value is -2.16. The molecule has 0 unspecified atom stereocenters. The first kappa shape index (κ1) is 19.6. The molecule has 0 radical (unpaired) electrons. The van der Waals surface area contributed by atoms with Crippen molar-refractivity contribution in [2.45, 2.75) is 25.7 Å². The van der Waals surface area contributed by atoms with Crippen molar-refractivity contribution in [3.63, 3.8) is 0 Å². The van der Waals surface area contributed by atoms with Gasteiger partial charge in [0.25, 0.3) is 10.0 Å². The number of benzene rings is 1. The number of hydrogen-bond donors (Lipinski definition) is 1. The Kier molecular flexibility index (Phi) is 5.69. The first-order valence-electron chi connectivity index (χ1n) is 8.27. The Labute approximate surface area is 166 Å². The minimum absolute atomic E-state index is 0.145. The molecule has 8 heteroatoms. The number of rotatable bonds is 6. The summed E-state index contributed by atoms with van der Waals surface area (Å²) < 4.78 is 33.4. The highest BCUT2D eigenvalue weighted by atomic mass is 32.2. The molecule has 0 saturated heterocycles. The van der Waals surface area contributed by atoms with Gasteiger partial charge < -0.3 is 4.74 Å². The molecule has 0 fully saturated rings. The fourth-order valence-electron chi connectivity index (χ4n) is 2.63. The average molecular weight is 422 g/mol. The lowest BCUT2D eigenvalue weighted by atomic mass is 10.1. The summed E-state index contributed by atoms with van der Waals surface area (Å²) in [5.74, 6) is -0.535. The van der Waals surface area contributed by atoms with Crippen LogP contribution in [0.3, 0.4) is 0 Å². The zero-order chi connectivity index (χ0) is 19.6.